The molecule has 0 saturated heterocycles. The highest BCUT2D eigenvalue weighted by atomic mass is 16.5. The summed E-state index contributed by atoms with van der Waals surface area (Å²) in [7, 11) is 0. The van der Waals surface area contributed by atoms with Crippen molar-refractivity contribution >= 4 is 11.9 Å². The van der Waals surface area contributed by atoms with Crippen LogP contribution in [-0.2, 0) is 19.1 Å². The van der Waals surface area contributed by atoms with Gasteiger partial charge in [-0.1, -0.05) is 20.4 Å². The lowest BCUT2D eigenvalue weighted by atomic mass is 10.2. The number of rotatable bonds is 6. The zero-order valence-corrected chi connectivity index (χ0v) is 9.54. The molecule has 0 aliphatic rings. The van der Waals surface area contributed by atoms with Crippen molar-refractivity contribution < 1.29 is 19.1 Å². The smallest absolute Gasteiger partial charge is 0.333 e. The van der Waals surface area contributed by atoms with E-state index in [9.17, 15) is 9.59 Å². The van der Waals surface area contributed by atoms with E-state index in [-0.39, 0.29) is 25.1 Å². The highest BCUT2D eigenvalue weighted by molar-refractivity contribution is 5.86. The Morgan fingerprint density at radius 1 is 1.27 bits per heavy atom. The molecule has 0 rings (SSSR count). The van der Waals surface area contributed by atoms with E-state index in [0.29, 0.717) is 12.0 Å². The SMILES string of the molecule is C=C(C)C(=O)OCC(C)COC(=O)CC. The number of esters is 2. The minimum atomic E-state index is -0.413. The second kappa shape index (κ2) is 7.04. The summed E-state index contributed by atoms with van der Waals surface area (Å²) in [5.41, 5.74) is 0.368. The first-order chi connectivity index (χ1) is 6.97. The van der Waals surface area contributed by atoms with E-state index < -0.39 is 5.97 Å². The van der Waals surface area contributed by atoms with Crippen molar-refractivity contribution in [2.24, 2.45) is 5.92 Å². The van der Waals surface area contributed by atoms with Gasteiger partial charge in [-0.05, 0) is 6.92 Å². The summed E-state index contributed by atoms with van der Waals surface area (Å²) in [5, 5.41) is 0. The number of hydrogen-bond donors (Lipinski definition) is 0. The molecule has 0 bridgehead atoms. The Balaban J connectivity index is 3.66. The molecular formula is C11H18O4. The van der Waals surface area contributed by atoms with E-state index in [4.69, 9.17) is 9.47 Å². The molecule has 0 heterocycles. The van der Waals surface area contributed by atoms with Crippen LogP contribution in [0.1, 0.15) is 27.2 Å². The Morgan fingerprint density at radius 2 is 1.80 bits per heavy atom. The average molecular weight is 214 g/mol. The van der Waals surface area contributed by atoms with Crippen LogP contribution in [0.3, 0.4) is 0 Å². The van der Waals surface area contributed by atoms with Gasteiger partial charge in [0.1, 0.15) is 0 Å². The first-order valence-corrected chi connectivity index (χ1v) is 4.95. The molecule has 0 N–H and O–H groups in total. The van der Waals surface area contributed by atoms with Crippen molar-refractivity contribution in [3.05, 3.63) is 12.2 Å². The average Bonchev–Trinajstić information content (AvgIpc) is 2.21. The molecule has 4 nitrogen and oxygen atoms in total. The van der Waals surface area contributed by atoms with Gasteiger partial charge < -0.3 is 9.47 Å². The van der Waals surface area contributed by atoms with Gasteiger partial charge in [-0.2, -0.15) is 0 Å². The summed E-state index contributed by atoms with van der Waals surface area (Å²) >= 11 is 0. The second-order valence-electron chi connectivity index (χ2n) is 3.52. The van der Waals surface area contributed by atoms with Gasteiger partial charge in [-0.15, -0.1) is 0 Å². The van der Waals surface area contributed by atoms with Crippen LogP contribution in [0.15, 0.2) is 12.2 Å². The molecule has 0 saturated carbocycles. The molecule has 0 spiro atoms. The minimum absolute atomic E-state index is 0.00352. The van der Waals surface area contributed by atoms with E-state index in [0.717, 1.165) is 0 Å². The van der Waals surface area contributed by atoms with E-state index in [2.05, 4.69) is 6.58 Å². The van der Waals surface area contributed by atoms with Crippen LogP contribution in [0.2, 0.25) is 0 Å². The molecule has 0 aromatic heterocycles. The molecule has 0 aromatic rings. The Labute approximate surface area is 90.2 Å². The van der Waals surface area contributed by atoms with Crippen molar-refractivity contribution in [2.75, 3.05) is 13.2 Å². The molecule has 0 radical (unpaired) electrons. The van der Waals surface area contributed by atoms with Gasteiger partial charge in [-0.25, -0.2) is 4.79 Å². The van der Waals surface area contributed by atoms with Crippen LogP contribution in [0.25, 0.3) is 0 Å². The lowest BCUT2D eigenvalue weighted by molar-refractivity contribution is -0.146. The van der Waals surface area contributed by atoms with Crippen LogP contribution < -0.4 is 0 Å². The normalized spacial score (nSPS) is 11.7. The minimum Gasteiger partial charge on any atom is -0.465 e. The molecule has 15 heavy (non-hydrogen) atoms. The van der Waals surface area contributed by atoms with Crippen molar-refractivity contribution in [1.82, 2.24) is 0 Å². The second-order valence-corrected chi connectivity index (χ2v) is 3.52. The van der Waals surface area contributed by atoms with Crippen LogP contribution >= 0.6 is 0 Å². The van der Waals surface area contributed by atoms with Crippen molar-refractivity contribution in [3.63, 3.8) is 0 Å². The summed E-state index contributed by atoms with van der Waals surface area (Å²) in [5.74, 6) is -0.652. The summed E-state index contributed by atoms with van der Waals surface area (Å²) in [6.07, 6.45) is 0.359. The summed E-state index contributed by atoms with van der Waals surface area (Å²) in [6.45, 7) is 9.13. The molecule has 0 aliphatic heterocycles. The maximum atomic E-state index is 11.0. The van der Waals surface area contributed by atoms with Crippen molar-refractivity contribution in [3.8, 4) is 0 Å². The molecule has 4 heteroatoms. The predicted molar refractivity (Wildman–Crippen MR) is 56.2 cm³/mol. The highest BCUT2D eigenvalue weighted by Gasteiger charge is 2.09. The van der Waals surface area contributed by atoms with Crippen LogP contribution in [0.5, 0.6) is 0 Å². The third kappa shape index (κ3) is 6.71. The fraction of sp³-hybridized carbons (Fsp3) is 0.636. The molecule has 0 aromatic carbocycles. The van der Waals surface area contributed by atoms with E-state index >= 15 is 0 Å². The topological polar surface area (TPSA) is 52.6 Å². The number of hydrogen-bond acceptors (Lipinski definition) is 4. The lowest BCUT2D eigenvalue weighted by Gasteiger charge is -2.12. The monoisotopic (exact) mass is 214 g/mol. The van der Waals surface area contributed by atoms with E-state index in [1.165, 1.54) is 0 Å². The molecule has 0 amide bonds. The Bertz CT molecular complexity index is 245. The first kappa shape index (κ1) is 13.7. The number of carbonyl (C=O) groups excluding carboxylic acids is 2. The Kier molecular flexibility index (Phi) is 6.42. The molecule has 1 unspecified atom stereocenters. The zero-order valence-electron chi connectivity index (χ0n) is 9.54. The largest absolute Gasteiger partial charge is 0.465 e. The van der Waals surface area contributed by atoms with E-state index in [1.807, 2.05) is 6.92 Å². The Morgan fingerprint density at radius 3 is 2.27 bits per heavy atom. The fourth-order valence-electron chi connectivity index (χ4n) is 0.727. The van der Waals surface area contributed by atoms with Gasteiger partial charge in [0, 0.05) is 17.9 Å². The summed E-state index contributed by atoms with van der Waals surface area (Å²) in [4.78, 5) is 21.8. The van der Waals surface area contributed by atoms with Gasteiger partial charge in [0.2, 0.25) is 0 Å². The highest BCUT2D eigenvalue weighted by Crippen LogP contribution is 2.01. The predicted octanol–water partition coefficient (Wildman–Crippen LogP) is 1.70. The lowest BCUT2D eigenvalue weighted by Crippen LogP contribution is -2.18. The third-order valence-corrected chi connectivity index (χ3v) is 1.66. The molecular weight excluding hydrogens is 196 g/mol. The fourth-order valence-corrected chi connectivity index (χ4v) is 0.727. The van der Waals surface area contributed by atoms with Crippen molar-refractivity contribution in [2.45, 2.75) is 27.2 Å². The molecule has 1 atom stereocenters. The van der Waals surface area contributed by atoms with Gasteiger partial charge in [-0.3, -0.25) is 4.79 Å². The van der Waals surface area contributed by atoms with Gasteiger partial charge >= 0.3 is 11.9 Å². The quantitative estimate of drug-likeness (QED) is 0.498. The van der Waals surface area contributed by atoms with E-state index in [1.54, 1.807) is 13.8 Å². The standard InChI is InChI=1S/C11H18O4/c1-5-10(12)14-6-9(4)7-15-11(13)8(2)3/h9H,2,5-7H2,1,3-4H3. The molecule has 0 fully saturated rings. The van der Waals surface area contributed by atoms with Crippen LogP contribution in [-0.4, -0.2) is 25.2 Å². The van der Waals surface area contributed by atoms with Gasteiger partial charge in [0.15, 0.2) is 0 Å². The number of carbonyl (C=O) groups is 2. The summed E-state index contributed by atoms with van der Waals surface area (Å²) < 4.78 is 9.79. The zero-order chi connectivity index (χ0) is 11.8. The Hall–Kier alpha value is -1.32. The maximum Gasteiger partial charge on any atom is 0.333 e. The maximum absolute atomic E-state index is 11.0. The third-order valence-electron chi connectivity index (χ3n) is 1.66. The summed E-state index contributed by atoms with van der Waals surface area (Å²) in [6, 6.07) is 0. The number of ether oxygens (including phenoxy) is 2. The first-order valence-electron chi connectivity index (χ1n) is 4.95. The van der Waals surface area contributed by atoms with Crippen LogP contribution in [0, 0.1) is 5.92 Å². The van der Waals surface area contributed by atoms with Gasteiger partial charge in [0.05, 0.1) is 13.2 Å². The van der Waals surface area contributed by atoms with Gasteiger partial charge in [0.25, 0.3) is 0 Å². The molecule has 86 valence electrons. The van der Waals surface area contributed by atoms with Crippen LogP contribution in [0.4, 0.5) is 0 Å². The molecule has 0 aliphatic carbocycles. The van der Waals surface area contributed by atoms with Crippen molar-refractivity contribution in [1.29, 1.82) is 0 Å².